The fraction of sp³-hybridized carbons (Fsp3) is 0.211. The number of nitro benzene ring substituents is 1. The Kier molecular flexibility index (Phi) is 7.28. The van der Waals surface area contributed by atoms with Crippen molar-refractivity contribution in [2.24, 2.45) is 5.73 Å². The van der Waals surface area contributed by atoms with Crippen LogP contribution in [0.3, 0.4) is 0 Å². The van der Waals surface area contributed by atoms with E-state index in [0.29, 0.717) is 5.56 Å². The van der Waals surface area contributed by atoms with Gasteiger partial charge in [-0.05, 0) is 36.8 Å². The van der Waals surface area contributed by atoms with E-state index in [9.17, 15) is 24.5 Å². The van der Waals surface area contributed by atoms with Crippen LogP contribution in [0.5, 0.6) is 5.75 Å². The highest BCUT2D eigenvalue weighted by Gasteiger charge is 2.23. The van der Waals surface area contributed by atoms with Gasteiger partial charge < -0.3 is 25.8 Å². The Labute approximate surface area is 171 Å². The van der Waals surface area contributed by atoms with Crippen molar-refractivity contribution in [3.63, 3.8) is 0 Å². The van der Waals surface area contributed by atoms with Gasteiger partial charge in [0.15, 0.2) is 6.10 Å². The molecule has 2 aromatic rings. The first kappa shape index (κ1) is 22.1. The molecule has 4 N–H and O–H groups in total. The number of anilines is 1. The van der Waals surface area contributed by atoms with Gasteiger partial charge in [0, 0.05) is 6.54 Å². The van der Waals surface area contributed by atoms with Gasteiger partial charge in [-0.3, -0.25) is 14.9 Å². The van der Waals surface area contributed by atoms with E-state index < -0.39 is 28.9 Å². The lowest BCUT2D eigenvalue weighted by Crippen LogP contribution is -2.30. The van der Waals surface area contributed by atoms with E-state index in [1.54, 1.807) is 12.1 Å². The second-order valence-electron chi connectivity index (χ2n) is 6.09. The molecular formula is C19H20N4O7. The molecule has 0 heterocycles. The van der Waals surface area contributed by atoms with Crippen LogP contribution < -0.4 is 21.1 Å². The van der Waals surface area contributed by atoms with Gasteiger partial charge in [0.2, 0.25) is 0 Å². The van der Waals surface area contributed by atoms with Crippen molar-refractivity contribution in [1.82, 2.24) is 5.32 Å². The molecule has 0 saturated carbocycles. The van der Waals surface area contributed by atoms with Crippen LogP contribution in [0.2, 0.25) is 0 Å². The van der Waals surface area contributed by atoms with Gasteiger partial charge in [0.25, 0.3) is 11.6 Å². The van der Waals surface area contributed by atoms with Crippen molar-refractivity contribution < 1.29 is 28.8 Å². The summed E-state index contributed by atoms with van der Waals surface area (Å²) in [7, 11) is 1.36. The van der Waals surface area contributed by atoms with Crippen LogP contribution in [0.15, 0.2) is 42.5 Å². The lowest BCUT2D eigenvalue weighted by molar-refractivity contribution is -0.384. The molecule has 0 aromatic heterocycles. The third-order valence-corrected chi connectivity index (χ3v) is 3.97. The molecule has 0 spiro atoms. The average Bonchev–Trinajstić information content (AvgIpc) is 2.72. The summed E-state index contributed by atoms with van der Waals surface area (Å²) >= 11 is 0. The second-order valence-corrected chi connectivity index (χ2v) is 6.09. The third kappa shape index (κ3) is 5.92. The number of nitrogens with two attached hydrogens (primary N) is 1. The van der Waals surface area contributed by atoms with Gasteiger partial charge in [0.1, 0.15) is 11.4 Å². The number of nitrogens with zero attached hydrogens (tertiary/aromatic N) is 1. The number of amides is 3. The van der Waals surface area contributed by atoms with Crippen LogP contribution in [-0.2, 0) is 16.1 Å². The number of carbonyl (C=O) groups is 3. The van der Waals surface area contributed by atoms with E-state index in [1.165, 1.54) is 44.4 Å². The van der Waals surface area contributed by atoms with Crippen LogP contribution in [0.25, 0.3) is 0 Å². The number of carbonyl (C=O) groups excluding carboxylic acids is 3. The second kappa shape index (κ2) is 9.87. The smallest absolute Gasteiger partial charge is 0.338 e. The van der Waals surface area contributed by atoms with E-state index in [-0.39, 0.29) is 29.2 Å². The molecule has 0 aliphatic rings. The Morgan fingerprint density at radius 1 is 1.17 bits per heavy atom. The number of urea groups is 1. The number of rotatable bonds is 8. The summed E-state index contributed by atoms with van der Waals surface area (Å²) in [5, 5.41) is 16.0. The van der Waals surface area contributed by atoms with Crippen molar-refractivity contribution in [3.8, 4) is 5.75 Å². The van der Waals surface area contributed by atoms with Crippen LogP contribution >= 0.6 is 0 Å². The molecule has 30 heavy (non-hydrogen) atoms. The zero-order chi connectivity index (χ0) is 22.3. The molecule has 1 atom stereocenters. The quantitative estimate of drug-likeness (QED) is 0.336. The van der Waals surface area contributed by atoms with Crippen molar-refractivity contribution in [2.45, 2.75) is 19.6 Å². The molecular weight excluding hydrogens is 396 g/mol. The lowest BCUT2D eigenvalue weighted by Gasteiger charge is -2.14. The van der Waals surface area contributed by atoms with Gasteiger partial charge in [-0.2, -0.15) is 0 Å². The van der Waals surface area contributed by atoms with Crippen molar-refractivity contribution >= 4 is 29.3 Å². The average molecular weight is 416 g/mol. The maximum absolute atomic E-state index is 12.3. The summed E-state index contributed by atoms with van der Waals surface area (Å²) in [4.78, 5) is 45.8. The molecule has 0 aliphatic heterocycles. The number of primary amides is 1. The largest absolute Gasteiger partial charge is 0.496 e. The van der Waals surface area contributed by atoms with E-state index in [2.05, 4.69) is 10.6 Å². The van der Waals surface area contributed by atoms with Crippen molar-refractivity contribution in [1.29, 1.82) is 0 Å². The third-order valence-electron chi connectivity index (χ3n) is 3.97. The van der Waals surface area contributed by atoms with Crippen LogP contribution in [0, 0.1) is 10.1 Å². The van der Waals surface area contributed by atoms with Gasteiger partial charge in [0.05, 0.1) is 23.7 Å². The van der Waals surface area contributed by atoms with Crippen molar-refractivity contribution in [3.05, 3.63) is 63.7 Å². The molecule has 0 aliphatic carbocycles. The van der Waals surface area contributed by atoms with Gasteiger partial charge >= 0.3 is 12.0 Å². The SMILES string of the molecule is COc1ccc(NC(=O)C(C)OC(=O)c2ccc(CNC(N)=O)cc2)c([N+](=O)[O-])c1. The summed E-state index contributed by atoms with van der Waals surface area (Å²) in [6, 6.07) is 9.40. The van der Waals surface area contributed by atoms with Crippen molar-refractivity contribution in [2.75, 3.05) is 12.4 Å². The first-order valence-corrected chi connectivity index (χ1v) is 8.67. The normalized spacial score (nSPS) is 11.1. The minimum Gasteiger partial charge on any atom is -0.496 e. The summed E-state index contributed by atoms with van der Waals surface area (Å²) in [5.41, 5.74) is 5.48. The molecule has 0 radical (unpaired) electrons. The highest BCUT2D eigenvalue weighted by Crippen LogP contribution is 2.29. The Morgan fingerprint density at radius 3 is 2.40 bits per heavy atom. The summed E-state index contributed by atoms with van der Waals surface area (Å²) < 4.78 is 10.1. The number of hydrogen-bond donors (Lipinski definition) is 3. The van der Waals surface area contributed by atoms with Gasteiger partial charge in [-0.15, -0.1) is 0 Å². The number of esters is 1. The van der Waals surface area contributed by atoms with E-state index >= 15 is 0 Å². The number of nitro groups is 1. The topological polar surface area (TPSA) is 163 Å². The maximum atomic E-state index is 12.3. The predicted molar refractivity (Wildman–Crippen MR) is 106 cm³/mol. The fourth-order valence-corrected chi connectivity index (χ4v) is 2.36. The van der Waals surface area contributed by atoms with Crippen LogP contribution in [-0.4, -0.2) is 36.0 Å². The molecule has 11 heteroatoms. The molecule has 158 valence electrons. The number of ether oxygens (including phenoxy) is 2. The molecule has 0 bridgehead atoms. The molecule has 2 aromatic carbocycles. The predicted octanol–water partition coefficient (Wildman–Crippen LogP) is 1.96. The number of benzene rings is 2. The molecule has 0 fully saturated rings. The van der Waals surface area contributed by atoms with Crippen LogP contribution in [0.1, 0.15) is 22.8 Å². The first-order chi connectivity index (χ1) is 14.2. The molecule has 3 amide bonds. The molecule has 0 saturated heterocycles. The molecule has 11 nitrogen and oxygen atoms in total. The maximum Gasteiger partial charge on any atom is 0.338 e. The van der Waals surface area contributed by atoms with Gasteiger partial charge in [-0.1, -0.05) is 12.1 Å². The van der Waals surface area contributed by atoms with Gasteiger partial charge in [-0.25, -0.2) is 9.59 Å². The number of nitrogens with one attached hydrogen (secondary N) is 2. The molecule has 2 rings (SSSR count). The number of methoxy groups -OCH3 is 1. The summed E-state index contributed by atoms with van der Waals surface area (Å²) in [6.45, 7) is 1.54. The standard InChI is InChI=1S/C19H20N4O7/c1-11(17(24)22-15-8-7-14(29-2)9-16(15)23(27)28)30-18(25)13-5-3-12(4-6-13)10-21-19(20)26/h3-9,11H,10H2,1-2H3,(H,22,24)(H3,20,21,26). The summed E-state index contributed by atoms with van der Waals surface area (Å²) in [6.07, 6.45) is -1.21. The minimum absolute atomic E-state index is 0.0556. The Bertz CT molecular complexity index is 960. The van der Waals surface area contributed by atoms with Crippen LogP contribution in [0.4, 0.5) is 16.2 Å². The van der Waals surface area contributed by atoms with E-state index in [0.717, 1.165) is 0 Å². The summed E-state index contributed by atoms with van der Waals surface area (Å²) in [5.74, 6) is -1.23. The highest BCUT2D eigenvalue weighted by atomic mass is 16.6. The zero-order valence-corrected chi connectivity index (χ0v) is 16.2. The van der Waals surface area contributed by atoms with E-state index in [4.69, 9.17) is 15.2 Å². The monoisotopic (exact) mass is 416 g/mol. The highest BCUT2D eigenvalue weighted by molar-refractivity contribution is 5.98. The number of hydrogen-bond acceptors (Lipinski definition) is 7. The fourth-order valence-electron chi connectivity index (χ4n) is 2.36. The minimum atomic E-state index is -1.21. The Balaban J connectivity index is 2.01. The first-order valence-electron chi connectivity index (χ1n) is 8.67. The zero-order valence-electron chi connectivity index (χ0n) is 16.2. The Morgan fingerprint density at radius 2 is 1.83 bits per heavy atom. The lowest BCUT2D eigenvalue weighted by atomic mass is 10.1. The van der Waals surface area contributed by atoms with E-state index in [1.807, 2.05) is 0 Å². The molecule has 1 unspecified atom stereocenters. The Hall–Kier alpha value is -4.15.